The molecule has 0 spiro atoms. The number of esters is 1. The quantitative estimate of drug-likeness (QED) is 0.324. The van der Waals surface area contributed by atoms with Crippen LogP contribution in [-0.4, -0.2) is 37.4 Å². The monoisotopic (exact) mass is 277 g/mol. The summed E-state index contributed by atoms with van der Waals surface area (Å²) in [4.78, 5) is 26.1. The molecular formula is C16H23NO3. The third kappa shape index (κ3) is 4.37. The normalized spacial score (nSPS) is 16.4. The fraction of sp³-hybridized carbons (Fsp3) is 0.500. The van der Waals surface area contributed by atoms with Crippen LogP contribution in [0.25, 0.3) is 0 Å². The number of carbonyl (C=O) groups excluding carboxylic acids is 2. The van der Waals surface area contributed by atoms with Gasteiger partial charge in [0.15, 0.2) is 5.78 Å². The van der Waals surface area contributed by atoms with Crippen LogP contribution >= 0.6 is 0 Å². The van der Waals surface area contributed by atoms with Crippen LogP contribution in [0, 0.1) is 5.92 Å². The van der Waals surface area contributed by atoms with Crippen molar-refractivity contribution in [3.63, 3.8) is 0 Å². The molecule has 4 heteroatoms. The molecule has 0 fully saturated rings. The first kappa shape index (κ1) is 16.2. The number of carbonyl (C=O) groups is 2. The van der Waals surface area contributed by atoms with Crippen molar-refractivity contribution in [2.75, 3.05) is 20.7 Å². The maximum atomic E-state index is 12.5. The zero-order chi connectivity index (χ0) is 15.1. The van der Waals surface area contributed by atoms with Gasteiger partial charge in [0, 0.05) is 26.2 Å². The van der Waals surface area contributed by atoms with E-state index in [-0.39, 0.29) is 23.9 Å². The standard InChI is InChI=1S/C16H23NO3/c1-5-20-16(19)14(11-17(3)4)15(18)12(2)13-9-7-6-8-10-13/h7,9-12H,5-6,8H2,1-4H3/b14-11-. The largest absolute Gasteiger partial charge is 0.462 e. The predicted octanol–water partition coefficient (Wildman–Crippen LogP) is 2.48. The lowest BCUT2D eigenvalue weighted by molar-refractivity contribution is -0.140. The van der Waals surface area contributed by atoms with Gasteiger partial charge >= 0.3 is 5.97 Å². The van der Waals surface area contributed by atoms with E-state index in [0.29, 0.717) is 0 Å². The predicted molar refractivity (Wildman–Crippen MR) is 79.0 cm³/mol. The summed E-state index contributed by atoms with van der Waals surface area (Å²) in [5.41, 5.74) is 1.07. The molecule has 0 saturated carbocycles. The molecule has 4 nitrogen and oxygen atoms in total. The van der Waals surface area contributed by atoms with E-state index in [9.17, 15) is 9.59 Å². The van der Waals surface area contributed by atoms with E-state index >= 15 is 0 Å². The van der Waals surface area contributed by atoms with Crippen LogP contribution in [0.1, 0.15) is 26.7 Å². The fourth-order valence-electron chi connectivity index (χ4n) is 2.02. The second-order valence-electron chi connectivity index (χ2n) is 5.00. The van der Waals surface area contributed by atoms with Gasteiger partial charge in [0.25, 0.3) is 0 Å². The Hall–Kier alpha value is -1.84. The first-order valence-corrected chi connectivity index (χ1v) is 6.93. The Kier molecular flexibility index (Phi) is 6.22. The SMILES string of the molecule is CCOC(=O)/C(=C\N(C)C)C(=O)C(C)C1=CCCC=C1. The average Bonchev–Trinajstić information content (AvgIpc) is 2.44. The van der Waals surface area contributed by atoms with Gasteiger partial charge in [-0.3, -0.25) is 4.79 Å². The first-order chi connectivity index (χ1) is 9.47. The van der Waals surface area contributed by atoms with Gasteiger partial charge in [-0.2, -0.15) is 0 Å². The van der Waals surface area contributed by atoms with E-state index in [1.165, 1.54) is 6.20 Å². The van der Waals surface area contributed by atoms with Crippen molar-refractivity contribution < 1.29 is 14.3 Å². The minimum atomic E-state index is -0.557. The fourth-order valence-corrected chi connectivity index (χ4v) is 2.02. The number of rotatable bonds is 6. The molecule has 0 aliphatic heterocycles. The van der Waals surface area contributed by atoms with Crippen molar-refractivity contribution in [3.05, 3.63) is 35.6 Å². The Morgan fingerprint density at radius 3 is 2.60 bits per heavy atom. The van der Waals surface area contributed by atoms with Crippen molar-refractivity contribution in [1.82, 2.24) is 4.90 Å². The molecule has 0 heterocycles. The second kappa shape index (κ2) is 7.68. The van der Waals surface area contributed by atoms with E-state index in [0.717, 1.165) is 18.4 Å². The van der Waals surface area contributed by atoms with Gasteiger partial charge in [0.2, 0.25) is 0 Å². The molecule has 110 valence electrons. The third-order valence-electron chi connectivity index (χ3n) is 3.07. The molecule has 0 aromatic rings. The highest BCUT2D eigenvalue weighted by molar-refractivity contribution is 6.18. The lowest BCUT2D eigenvalue weighted by atomic mass is 9.89. The van der Waals surface area contributed by atoms with Gasteiger partial charge in [-0.15, -0.1) is 0 Å². The van der Waals surface area contributed by atoms with Crippen LogP contribution in [0.2, 0.25) is 0 Å². The van der Waals surface area contributed by atoms with Crippen molar-refractivity contribution in [2.24, 2.45) is 5.92 Å². The molecule has 20 heavy (non-hydrogen) atoms. The molecule has 0 bridgehead atoms. The van der Waals surface area contributed by atoms with Gasteiger partial charge in [-0.1, -0.05) is 25.2 Å². The molecule has 0 aromatic heterocycles. The van der Waals surface area contributed by atoms with Crippen LogP contribution in [0.4, 0.5) is 0 Å². The first-order valence-electron chi connectivity index (χ1n) is 6.93. The Labute approximate surface area is 120 Å². The lowest BCUT2D eigenvalue weighted by Crippen LogP contribution is -2.24. The van der Waals surface area contributed by atoms with E-state index in [1.54, 1.807) is 25.9 Å². The summed E-state index contributed by atoms with van der Waals surface area (Å²) in [7, 11) is 3.55. The zero-order valence-corrected chi connectivity index (χ0v) is 12.7. The summed E-state index contributed by atoms with van der Waals surface area (Å²) in [5, 5.41) is 0. The summed E-state index contributed by atoms with van der Waals surface area (Å²) in [6.07, 6.45) is 9.55. The topological polar surface area (TPSA) is 46.6 Å². The van der Waals surface area contributed by atoms with E-state index in [1.807, 2.05) is 13.0 Å². The summed E-state index contributed by atoms with van der Waals surface area (Å²) >= 11 is 0. The average molecular weight is 277 g/mol. The van der Waals surface area contributed by atoms with Crippen molar-refractivity contribution >= 4 is 11.8 Å². The van der Waals surface area contributed by atoms with Crippen LogP contribution in [0.3, 0.4) is 0 Å². The van der Waals surface area contributed by atoms with Gasteiger partial charge in [-0.05, 0) is 25.3 Å². The number of hydrogen-bond acceptors (Lipinski definition) is 4. The Morgan fingerprint density at radius 2 is 2.10 bits per heavy atom. The number of hydrogen-bond donors (Lipinski definition) is 0. The van der Waals surface area contributed by atoms with Gasteiger partial charge in [0.1, 0.15) is 5.57 Å². The highest BCUT2D eigenvalue weighted by atomic mass is 16.5. The number of ketones is 1. The van der Waals surface area contributed by atoms with Gasteiger partial charge in [0.05, 0.1) is 6.61 Å². The minimum Gasteiger partial charge on any atom is -0.462 e. The smallest absolute Gasteiger partial charge is 0.343 e. The molecule has 1 rings (SSSR count). The number of allylic oxidation sites excluding steroid dienone is 4. The van der Waals surface area contributed by atoms with Gasteiger partial charge < -0.3 is 9.64 Å². The maximum Gasteiger partial charge on any atom is 0.343 e. The molecule has 0 saturated heterocycles. The minimum absolute atomic E-state index is 0.101. The summed E-state index contributed by atoms with van der Waals surface area (Å²) < 4.78 is 4.97. The molecule has 0 aromatic carbocycles. The third-order valence-corrected chi connectivity index (χ3v) is 3.07. The van der Waals surface area contributed by atoms with Crippen LogP contribution < -0.4 is 0 Å². The molecular weight excluding hydrogens is 254 g/mol. The Bertz CT molecular complexity index is 458. The molecule has 1 unspecified atom stereocenters. The van der Waals surface area contributed by atoms with Crippen LogP contribution in [0.5, 0.6) is 0 Å². The zero-order valence-electron chi connectivity index (χ0n) is 12.7. The number of ether oxygens (including phenoxy) is 1. The van der Waals surface area contributed by atoms with E-state index in [2.05, 4.69) is 12.2 Å². The number of nitrogens with zero attached hydrogens (tertiary/aromatic N) is 1. The Balaban J connectivity index is 2.96. The molecule has 1 atom stereocenters. The van der Waals surface area contributed by atoms with Crippen LogP contribution in [0.15, 0.2) is 35.6 Å². The molecule has 0 N–H and O–H groups in total. The van der Waals surface area contributed by atoms with Crippen molar-refractivity contribution in [2.45, 2.75) is 26.7 Å². The number of Topliss-reactive ketones (excluding diaryl/α,β-unsaturated/α-hetero) is 1. The summed E-state index contributed by atoms with van der Waals surface area (Å²) in [6, 6.07) is 0. The highest BCUT2D eigenvalue weighted by Gasteiger charge is 2.26. The van der Waals surface area contributed by atoms with E-state index < -0.39 is 5.97 Å². The second-order valence-corrected chi connectivity index (χ2v) is 5.00. The highest BCUT2D eigenvalue weighted by Crippen LogP contribution is 2.22. The molecule has 1 aliphatic rings. The Morgan fingerprint density at radius 1 is 1.40 bits per heavy atom. The summed E-state index contributed by atoms with van der Waals surface area (Å²) in [5.74, 6) is -1.09. The summed E-state index contributed by atoms with van der Waals surface area (Å²) in [6.45, 7) is 3.81. The van der Waals surface area contributed by atoms with E-state index in [4.69, 9.17) is 4.74 Å². The molecule has 1 aliphatic carbocycles. The van der Waals surface area contributed by atoms with Crippen molar-refractivity contribution in [1.29, 1.82) is 0 Å². The van der Waals surface area contributed by atoms with Crippen LogP contribution in [-0.2, 0) is 14.3 Å². The van der Waals surface area contributed by atoms with Gasteiger partial charge in [-0.25, -0.2) is 4.79 Å². The maximum absolute atomic E-state index is 12.5. The lowest BCUT2D eigenvalue weighted by Gasteiger charge is -2.17. The molecule has 0 amide bonds. The van der Waals surface area contributed by atoms with Crippen molar-refractivity contribution in [3.8, 4) is 0 Å². The molecule has 0 radical (unpaired) electrons.